The lowest BCUT2D eigenvalue weighted by Gasteiger charge is -2.48. The first kappa shape index (κ1) is 15.0. The molecule has 1 nitrogen and oxygen atoms in total. The van der Waals surface area contributed by atoms with Crippen molar-refractivity contribution in [3.05, 3.63) is 78.5 Å². The monoisotopic (exact) mass is 323 g/mol. The SMILES string of the molecule is BC1(c2cccc(-c3ccc(-c4ccccc4)nc3)c2)C2CCC1C2. The predicted molar refractivity (Wildman–Crippen MR) is 106 cm³/mol. The van der Waals surface area contributed by atoms with Gasteiger partial charge in [0.1, 0.15) is 7.85 Å². The Morgan fingerprint density at radius 3 is 2.24 bits per heavy atom. The molecule has 0 saturated heterocycles. The number of nitrogens with zero attached hydrogens (tertiary/aromatic N) is 1. The van der Waals surface area contributed by atoms with Crippen molar-refractivity contribution in [1.82, 2.24) is 4.98 Å². The average molecular weight is 323 g/mol. The van der Waals surface area contributed by atoms with E-state index in [1.807, 2.05) is 12.3 Å². The molecule has 2 bridgehead atoms. The van der Waals surface area contributed by atoms with Crippen molar-refractivity contribution in [2.75, 3.05) is 0 Å². The normalized spacial score (nSPS) is 27.0. The van der Waals surface area contributed by atoms with E-state index in [2.05, 4.69) is 68.5 Å². The Balaban J connectivity index is 1.47. The predicted octanol–water partition coefficient (Wildman–Crippen LogP) is 4.67. The maximum atomic E-state index is 4.69. The van der Waals surface area contributed by atoms with Crippen molar-refractivity contribution in [3.8, 4) is 22.4 Å². The molecule has 0 amide bonds. The van der Waals surface area contributed by atoms with Gasteiger partial charge in [0.25, 0.3) is 0 Å². The molecule has 2 unspecified atom stereocenters. The number of aromatic nitrogens is 1. The minimum Gasteiger partial charge on any atom is -0.256 e. The van der Waals surface area contributed by atoms with E-state index in [1.54, 1.807) is 0 Å². The highest BCUT2D eigenvalue weighted by molar-refractivity contribution is 6.17. The van der Waals surface area contributed by atoms with E-state index < -0.39 is 0 Å². The highest BCUT2D eigenvalue weighted by Gasteiger charge is 2.56. The van der Waals surface area contributed by atoms with Crippen LogP contribution in [0.25, 0.3) is 22.4 Å². The molecule has 0 aliphatic heterocycles. The first-order valence-electron chi connectivity index (χ1n) is 9.37. The maximum Gasteiger partial charge on any atom is 0.115 e. The van der Waals surface area contributed by atoms with Gasteiger partial charge in [0, 0.05) is 17.3 Å². The Morgan fingerprint density at radius 1 is 0.800 bits per heavy atom. The van der Waals surface area contributed by atoms with Gasteiger partial charge in [0.2, 0.25) is 0 Å². The van der Waals surface area contributed by atoms with Crippen LogP contribution in [0, 0.1) is 11.8 Å². The average Bonchev–Trinajstić information content (AvgIpc) is 3.32. The van der Waals surface area contributed by atoms with Crippen LogP contribution in [0.2, 0.25) is 0 Å². The van der Waals surface area contributed by atoms with E-state index in [0.717, 1.165) is 17.5 Å². The molecular weight excluding hydrogens is 301 g/mol. The molecule has 0 spiro atoms. The second kappa shape index (κ2) is 5.59. The first-order chi connectivity index (χ1) is 12.2. The van der Waals surface area contributed by atoms with Gasteiger partial charge in [-0.05, 0) is 40.8 Å². The van der Waals surface area contributed by atoms with Gasteiger partial charge in [-0.1, -0.05) is 73.5 Å². The Hall–Kier alpha value is -2.35. The van der Waals surface area contributed by atoms with Crippen LogP contribution in [-0.2, 0) is 5.31 Å². The minimum atomic E-state index is 0.410. The van der Waals surface area contributed by atoms with Crippen LogP contribution in [0.1, 0.15) is 24.8 Å². The van der Waals surface area contributed by atoms with Crippen LogP contribution in [-0.4, -0.2) is 12.8 Å². The van der Waals surface area contributed by atoms with Crippen LogP contribution in [0.5, 0.6) is 0 Å². The summed E-state index contributed by atoms with van der Waals surface area (Å²) in [6, 6.07) is 23.9. The topological polar surface area (TPSA) is 12.9 Å². The Labute approximate surface area is 150 Å². The summed E-state index contributed by atoms with van der Waals surface area (Å²) in [5.41, 5.74) is 6.22. The van der Waals surface area contributed by atoms with Gasteiger partial charge in [-0.3, -0.25) is 4.98 Å². The summed E-state index contributed by atoms with van der Waals surface area (Å²) in [5.74, 6) is 1.79. The van der Waals surface area contributed by atoms with Crippen molar-refractivity contribution in [2.24, 2.45) is 11.8 Å². The summed E-state index contributed by atoms with van der Waals surface area (Å²) in [7, 11) is 2.48. The van der Waals surface area contributed by atoms with Crippen LogP contribution in [0.4, 0.5) is 0 Å². The summed E-state index contributed by atoms with van der Waals surface area (Å²) in [5, 5.41) is 0.410. The summed E-state index contributed by atoms with van der Waals surface area (Å²) >= 11 is 0. The van der Waals surface area contributed by atoms with E-state index in [-0.39, 0.29) is 0 Å². The zero-order valence-corrected chi connectivity index (χ0v) is 14.7. The summed E-state index contributed by atoms with van der Waals surface area (Å²) in [4.78, 5) is 4.69. The van der Waals surface area contributed by atoms with Gasteiger partial charge in [-0.25, -0.2) is 0 Å². The number of hydrogen-bond acceptors (Lipinski definition) is 1. The van der Waals surface area contributed by atoms with Crippen molar-refractivity contribution in [1.29, 1.82) is 0 Å². The fourth-order valence-corrected chi connectivity index (χ4v) is 5.09. The fourth-order valence-electron chi connectivity index (χ4n) is 5.09. The molecule has 0 radical (unpaired) electrons. The van der Waals surface area contributed by atoms with Gasteiger partial charge in [-0.15, -0.1) is 0 Å². The highest BCUT2D eigenvalue weighted by atomic mass is 14.7. The second-order valence-corrected chi connectivity index (χ2v) is 7.87. The van der Waals surface area contributed by atoms with Crippen LogP contribution in [0.15, 0.2) is 72.9 Å². The standard InChI is InChI=1S/C23H22BN/c24-23(20-10-11-21(23)14-20)19-8-4-7-17(13-19)18-9-12-22(25-15-18)16-5-2-1-3-6-16/h1-9,12-13,15,20-21H,10-11,14,24H2. The molecule has 2 atom stereocenters. The number of rotatable bonds is 3. The van der Waals surface area contributed by atoms with E-state index in [0.29, 0.717) is 5.31 Å². The molecule has 3 fully saturated rings. The van der Waals surface area contributed by atoms with Gasteiger partial charge in [0.15, 0.2) is 0 Å². The minimum absolute atomic E-state index is 0.410. The molecule has 3 saturated carbocycles. The number of benzene rings is 2. The van der Waals surface area contributed by atoms with Crippen LogP contribution in [0.3, 0.4) is 0 Å². The molecule has 122 valence electrons. The van der Waals surface area contributed by atoms with Gasteiger partial charge in [0.05, 0.1) is 5.69 Å². The largest absolute Gasteiger partial charge is 0.256 e. The lowest BCUT2D eigenvalue weighted by molar-refractivity contribution is 0.191. The quantitative estimate of drug-likeness (QED) is 0.638. The molecule has 3 aliphatic carbocycles. The van der Waals surface area contributed by atoms with Gasteiger partial charge >= 0.3 is 0 Å². The van der Waals surface area contributed by atoms with Crippen molar-refractivity contribution in [3.63, 3.8) is 0 Å². The molecular formula is C23H22BN. The third-order valence-electron chi connectivity index (χ3n) is 6.78. The van der Waals surface area contributed by atoms with Crippen molar-refractivity contribution >= 4 is 7.85 Å². The van der Waals surface area contributed by atoms with Crippen molar-refractivity contribution < 1.29 is 0 Å². The molecule has 25 heavy (non-hydrogen) atoms. The Kier molecular flexibility index (Phi) is 3.34. The Bertz CT molecular complexity index is 887. The molecule has 1 heterocycles. The van der Waals surface area contributed by atoms with Crippen molar-refractivity contribution in [2.45, 2.75) is 24.6 Å². The molecule has 3 aromatic rings. The van der Waals surface area contributed by atoms with E-state index in [9.17, 15) is 0 Å². The zero-order chi connectivity index (χ0) is 16.9. The first-order valence-corrected chi connectivity index (χ1v) is 9.37. The van der Waals surface area contributed by atoms with Gasteiger partial charge < -0.3 is 0 Å². The molecule has 0 N–H and O–H groups in total. The Morgan fingerprint density at radius 2 is 1.56 bits per heavy atom. The molecule has 3 aliphatic rings. The summed E-state index contributed by atoms with van der Waals surface area (Å²) in [6.07, 6.45) is 6.28. The fraction of sp³-hybridized carbons (Fsp3) is 0.261. The van der Waals surface area contributed by atoms with E-state index in [1.165, 1.54) is 41.5 Å². The summed E-state index contributed by atoms with van der Waals surface area (Å²) < 4.78 is 0. The molecule has 2 aromatic carbocycles. The lowest BCUT2D eigenvalue weighted by atomic mass is 9.44. The second-order valence-electron chi connectivity index (χ2n) is 7.87. The number of hydrogen-bond donors (Lipinski definition) is 0. The molecule has 1 aromatic heterocycles. The molecule has 2 heteroatoms. The number of fused-ring (bicyclic) bond motifs is 1. The third kappa shape index (κ3) is 2.27. The third-order valence-corrected chi connectivity index (χ3v) is 6.78. The van der Waals surface area contributed by atoms with E-state index in [4.69, 9.17) is 4.98 Å². The van der Waals surface area contributed by atoms with Crippen LogP contribution >= 0.6 is 0 Å². The maximum absolute atomic E-state index is 4.69. The van der Waals surface area contributed by atoms with E-state index >= 15 is 0 Å². The smallest absolute Gasteiger partial charge is 0.115 e. The highest BCUT2D eigenvalue weighted by Crippen LogP contribution is 2.61. The van der Waals surface area contributed by atoms with Gasteiger partial charge in [-0.2, -0.15) is 0 Å². The lowest BCUT2D eigenvalue weighted by Crippen LogP contribution is -2.47. The van der Waals surface area contributed by atoms with Crippen LogP contribution < -0.4 is 0 Å². The zero-order valence-electron chi connectivity index (χ0n) is 14.7. The number of pyridine rings is 1. The molecule has 6 rings (SSSR count). The summed E-state index contributed by atoms with van der Waals surface area (Å²) in [6.45, 7) is 0.